The Balaban J connectivity index is 2.25. The van der Waals surface area contributed by atoms with Crippen LogP contribution in [-0.2, 0) is 0 Å². The van der Waals surface area contributed by atoms with Gasteiger partial charge in [0.05, 0.1) is 0 Å². The van der Waals surface area contributed by atoms with E-state index in [9.17, 15) is 0 Å². The fourth-order valence-electron chi connectivity index (χ4n) is 2.46. The first-order valence-corrected chi connectivity index (χ1v) is 5.97. The molecule has 1 unspecified atom stereocenters. The average Bonchev–Trinajstić information content (AvgIpc) is 2.20. The van der Waals surface area contributed by atoms with Crippen molar-refractivity contribution in [3.8, 4) is 0 Å². The molecule has 1 aliphatic carbocycles. The molecule has 78 valence electrons. The lowest BCUT2D eigenvalue weighted by Gasteiger charge is -2.14. The maximum Gasteiger partial charge on any atom is -0.00235 e. The number of nitrogens with one attached hydrogen (secondary N) is 1. The van der Waals surface area contributed by atoms with E-state index in [1.807, 2.05) is 0 Å². The van der Waals surface area contributed by atoms with Crippen molar-refractivity contribution in [3.05, 3.63) is 0 Å². The van der Waals surface area contributed by atoms with Crippen molar-refractivity contribution in [2.24, 2.45) is 11.8 Å². The number of hydrogen-bond donors (Lipinski definition) is 1. The summed E-state index contributed by atoms with van der Waals surface area (Å²) in [5.74, 6) is 1.93. The minimum Gasteiger partial charge on any atom is -0.319 e. The van der Waals surface area contributed by atoms with Gasteiger partial charge in [-0.3, -0.25) is 0 Å². The molecule has 0 heterocycles. The van der Waals surface area contributed by atoms with Crippen LogP contribution in [0.15, 0.2) is 0 Å². The topological polar surface area (TPSA) is 12.0 Å². The highest BCUT2D eigenvalue weighted by Gasteiger charge is 2.11. The van der Waals surface area contributed by atoms with Crippen LogP contribution < -0.4 is 5.32 Å². The van der Waals surface area contributed by atoms with Gasteiger partial charge in [-0.1, -0.05) is 39.0 Å². The van der Waals surface area contributed by atoms with Gasteiger partial charge in [0.2, 0.25) is 0 Å². The van der Waals surface area contributed by atoms with E-state index in [1.165, 1.54) is 51.5 Å². The summed E-state index contributed by atoms with van der Waals surface area (Å²) in [7, 11) is 2.08. The lowest BCUT2D eigenvalue weighted by Crippen LogP contribution is -2.18. The second kappa shape index (κ2) is 6.42. The molecule has 0 spiro atoms. The van der Waals surface area contributed by atoms with E-state index in [2.05, 4.69) is 19.3 Å². The monoisotopic (exact) mass is 183 g/mol. The van der Waals surface area contributed by atoms with E-state index in [0.717, 1.165) is 11.8 Å². The van der Waals surface area contributed by atoms with Crippen LogP contribution in [0.3, 0.4) is 0 Å². The molecule has 1 heteroatoms. The summed E-state index contributed by atoms with van der Waals surface area (Å²) >= 11 is 0. The van der Waals surface area contributed by atoms with Crippen molar-refractivity contribution in [1.82, 2.24) is 5.32 Å². The van der Waals surface area contributed by atoms with Gasteiger partial charge in [-0.05, 0) is 38.3 Å². The van der Waals surface area contributed by atoms with Crippen molar-refractivity contribution in [3.63, 3.8) is 0 Å². The van der Waals surface area contributed by atoms with Crippen LogP contribution in [0.1, 0.15) is 51.9 Å². The zero-order valence-corrected chi connectivity index (χ0v) is 9.31. The zero-order valence-electron chi connectivity index (χ0n) is 9.31. The van der Waals surface area contributed by atoms with Crippen LogP contribution in [0.25, 0.3) is 0 Å². The molecule has 0 aliphatic heterocycles. The number of hydrogen-bond acceptors (Lipinski definition) is 1. The van der Waals surface area contributed by atoms with Crippen molar-refractivity contribution in [1.29, 1.82) is 0 Å². The molecule has 0 bridgehead atoms. The van der Waals surface area contributed by atoms with Crippen LogP contribution in [0, 0.1) is 11.8 Å². The lowest BCUT2D eigenvalue weighted by molar-refractivity contribution is 0.408. The van der Waals surface area contributed by atoms with E-state index < -0.39 is 0 Å². The molecule has 1 N–H and O–H groups in total. The van der Waals surface area contributed by atoms with Gasteiger partial charge in [-0.2, -0.15) is 0 Å². The van der Waals surface area contributed by atoms with Crippen LogP contribution in [0.4, 0.5) is 0 Å². The molecule has 1 saturated carbocycles. The first-order valence-electron chi connectivity index (χ1n) is 5.97. The Bertz CT molecular complexity index is 122. The quantitative estimate of drug-likeness (QED) is 0.693. The molecule has 0 aromatic carbocycles. The molecular weight excluding hydrogens is 158 g/mol. The molecule has 1 rings (SSSR count). The fourth-order valence-corrected chi connectivity index (χ4v) is 2.46. The number of rotatable bonds is 2. The van der Waals surface area contributed by atoms with Gasteiger partial charge >= 0.3 is 0 Å². The van der Waals surface area contributed by atoms with Gasteiger partial charge in [0, 0.05) is 0 Å². The average molecular weight is 183 g/mol. The Morgan fingerprint density at radius 2 is 1.62 bits per heavy atom. The van der Waals surface area contributed by atoms with Gasteiger partial charge in [-0.15, -0.1) is 0 Å². The molecule has 2 atom stereocenters. The van der Waals surface area contributed by atoms with Gasteiger partial charge < -0.3 is 5.32 Å². The summed E-state index contributed by atoms with van der Waals surface area (Å²) < 4.78 is 0. The third-order valence-corrected chi connectivity index (χ3v) is 3.36. The van der Waals surface area contributed by atoms with E-state index >= 15 is 0 Å². The molecule has 0 saturated heterocycles. The molecule has 1 aliphatic rings. The molecule has 13 heavy (non-hydrogen) atoms. The van der Waals surface area contributed by atoms with E-state index in [1.54, 1.807) is 0 Å². The fraction of sp³-hybridized carbons (Fsp3) is 1.00. The first-order chi connectivity index (χ1) is 6.33. The summed E-state index contributed by atoms with van der Waals surface area (Å²) in [6.45, 7) is 3.65. The second-order valence-corrected chi connectivity index (χ2v) is 4.74. The normalized spacial score (nSPS) is 31.8. The van der Waals surface area contributed by atoms with Crippen molar-refractivity contribution < 1.29 is 0 Å². The molecule has 1 nitrogen and oxygen atoms in total. The largest absolute Gasteiger partial charge is 0.319 e. The standard InChI is InChI=1S/C12H25N/c1-11-6-3-4-8-12(10-13-2)9-5-7-11/h11-13H,3-10H2,1-2H3/t11?,12-/m1/s1. The van der Waals surface area contributed by atoms with Gasteiger partial charge in [0.25, 0.3) is 0 Å². The van der Waals surface area contributed by atoms with E-state index in [-0.39, 0.29) is 0 Å². The highest BCUT2D eigenvalue weighted by molar-refractivity contribution is 4.66. The predicted octanol–water partition coefficient (Wildman–Crippen LogP) is 3.20. The molecule has 1 fully saturated rings. The maximum absolute atomic E-state index is 3.32. The van der Waals surface area contributed by atoms with Gasteiger partial charge in [-0.25, -0.2) is 0 Å². The molecule has 0 aromatic rings. The van der Waals surface area contributed by atoms with Crippen molar-refractivity contribution >= 4 is 0 Å². The van der Waals surface area contributed by atoms with E-state index in [0.29, 0.717) is 0 Å². The third kappa shape index (κ3) is 4.66. The maximum atomic E-state index is 3.32. The predicted molar refractivity (Wildman–Crippen MR) is 58.9 cm³/mol. The summed E-state index contributed by atoms with van der Waals surface area (Å²) in [4.78, 5) is 0. The first kappa shape index (κ1) is 11.0. The van der Waals surface area contributed by atoms with Crippen LogP contribution >= 0.6 is 0 Å². The minimum absolute atomic E-state index is 0.954. The molecule has 0 radical (unpaired) electrons. The minimum atomic E-state index is 0.954. The van der Waals surface area contributed by atoms with Crippen molar-refractivity contribution in [2.45, 2.75) is 51.9 Å². The summed E-state index contributed by atoms with van der Waals surface area (Å²) in [5, 5.41) is 3.32. The second-order valence-electron chi connectivity index (χ2n) is 4.74. The van der Waals surface area contributed by atoms with Crippen LogP contribution in [0.2, 0.25) is 0 Å². The zero-order chi connectivity index (χ0) is 9.52. The lowest BCUT2D eigenvalue weighted by atomic mass is 9.96. The molecule has 0 amide bonds. The van der Waals surface area contributed by atoms with Crippen LogP contribution in [-0.4, -0.2) is 13.6 Å². The smallest absolute Gasteiger partial charge is 0.00235 e. The van der Waals surface area contributed by atoms with Gasteiger partial charge in [0.15, 0.2) is 0 Å². The Kier molecular flexibility index (Phi) is 5.45. The highest BCUT2D eigenvalue weighted by Crippen LogP contribution is 2.24. The van der Waals surface area contributed by atoms with Crippen molar-refractivity contribution in [2.75, 3.05) is 13.6 Å². The van der Waals surface area contributed by atoms with Gasteiger partial charge in [0.1, 0.15) is 0 Å². The third-order valence-electron chi connectivity index (χ3n) is 3.36. The summed E-state index contributed by atoms with van der Waals surface area (Å²) in [5.41, 5.74) is 0. The summed E-state index contributed by atoms with van der Waals surface area (Å²) in [6.07, 6.45) is 10.2. The Morgan fingerprint density at radius 1 is 1.00 bits per heavy atom. The summed E-state index contributed by atoms with van der Waals surface area (Å²) in [6, 6.07) is 0. The Hall–Kier alpha value is -0.0400. The Morgan fingerprint density at radius 3 is 2.38 bits per heavy atom. The van der Waals surface area contributed by atoms with E-state index in [4.69, 9.17) is 0 Å². The molecular formula is C12H25N. The van der Waals surface area contributed by atoms with Crippen LogP contribution in [0.5, 0.6) is 0 Å². The Labute approximate surface area is 83.3 Å². The SMILES string of the molecule is CNC[C@@H]1CCCCC(C)CCC1. The molecule has 0 aromatic heterocycles. The highest BCUT2D eigenvalue weighted by atomic mass is 14.8.